The third kappa shape index (κ3) is 3.16. The molecule has 140 valence electrons. The van der Waals surface area contributed by atoms with Gasteiger partial charge in [0.2, 0.25) is 0 Å². The van der Waals surface area contributed by atoms with Crippen LogP contribution in [-0.2, 0) is 0 Å². The Morgan fingerprint density at radius 3 is 2.37 bits per heavy atom. The number of nitrogens with zero attached hydrogens (tertiary/aromatic N) is 3. The van der Waals surface area contributed by atoms with Crippen LogP contribution in [-0.4, -0.2) is 47.0 Å². The van der Waals surface area contributed by atoms with Gasteiger partial charge < -0.3 is 14.8 Å². The molecular weight excluding hydrogens is 343 g/mol. The zero-order valence-electron chi connectivity index (χ0n) is 15.8. The number of carbonyl (C=O) groups excluding carboxylic acids is 1. The Hall–Kier alpha value is -2.89. The Morgan fingerprint density at radius 1 is 1.07 bits per heavy atom. The molecule has 27 heavy (non-hydrogen) atoms. The van der Waals surface area contributed by atoms with E-state index in [0.717, 1.165) is 41.1 Å². The molecule has 0 unspecified atom stereocenters. The average Bonchev–Trinajstić information content (AvgIpc) is 2.99. The lowest BCUT2D eigenvalue weighted by molar-refractivity contribution is 0.0741. The third-order valence-electron chi connectivity index (χ3n) is 5.25. The fourth-order valence-corrected chi connectivity index (χ4v) is 3.85. The molecule has 1 amide bonds. The lowest BCUT2D eigenvalue weighted by atomic mass is 10.1. The molecule has 0 atom stereocenters. The second-order valence-corrected chi connectivity index (χ2v) is 7.17. The van der Waals surface area contributed by atoms with Gasteiger partial charge in [-0.1, -0.05) is 12.1 Å². The van der Waals surface area contributed by atoms with Gasteiger partial charge in [0.1, 0.15) is 11.5 Å². The molecule has 1 aromatic carbocycles. The number of nitrogens with one attached hydrogen (secondary N) is 1. The van der Waals surface area contributed by atoms with Crippen molar-refractivity contribution in [2.75, 3.05) is 31.1 Å². The highest BCUT2D eigenvalue weighted by Gasteiger charge is 2.26. The number of hydrogen-bond donors (Lipinski definition) is 1. The maximum atomic E-state index is 14.0. The zero-order chi connectivity index (χ0) is 19.1. The van der Waals surface area contributed by atoms with Gasteiger partial charge in [-0.2, -0.15) is 0 Å². The number of H-pyrrole nitrogens is 1. The molecule has 1 aliphatic rings. The van der Waals surface area contributed by atoms with Crippen molar-refractivity contribution in [3.63, 3.8) is 0 Å². The second kappa shape index (κ2) is 6.68. The summed E-state index contributed by atoms with van der Waals surface area (Å²) in [5.74, 6) is -0.396. The van der Waals surface area contributed by atoms with Crippen LogP contribution in [0.15, 0.2) is 30.3 Å². The van der Waals surface area contributed by atoms with Crippen LogP contribution in [0.2, 0.25) is 0 Å². The SMILES string of the molecule is Cc1cc(N2CCN(C(=O)c3[nH]c4c(F)cccc4c3C)CC2)cc(C)n1. The number of piperazine rings is 1. The van der Waals surface area contributed by atoms with E-state index < -0.39 is 0 Å². The minimum Gasteiger partial charge on any atom is -0.368 e. The molecule has 1 aliphatic heterocycles. The molecule has 0 aliphatic carbocycles. The summed E-state index contributed by atoms with van der Waals surface area (Å²) in [6, 6.07) is 9.07. The highest BCUT2D eigenvalue weighted by molar-refractivity contribution is 6.01. The third-order valence-corrected chi connectivity index (χ3v) is 5.25. The summed E-state index contributed by atoms with van der Waals surface area (Å²) < 4.78 is 14.0. The lowest BCUT2D eigenvalue weighted by Crippen LogP contribution is -2.49. The number of hydrogen-bond acceptors (Lipinski definition) is 3. The maximum Gasteiger partial charge on any atom is 0.270 e. The van der Waals surface area contributed by atoms with E-state index in [2.05, 4.69) is 27.0 Å². The Kier molecular flexibility index (Phi) is 4.34. The molecule has 1 N–H and O–H groups in total. The second-order valence-electron chi connectivity index (χ2n) is 7.17. The topological polar surface area (TPSA) is 52.2 Å². The van der Waals surface area contributed by atoms with Crippen LogP contribution in [0.3, 0.4) is 0 Å². The smallest absolute Gasteiger partial charge is 0.270 e. The molecule has 3 heterocycles. The minimum atomic E-state index is -0.331. The largest absolute Gasteiger partial charge is 0.368 e. The van der Waals surface area contributed by atoms with Crippen molar-refractivity contribution in [2.45, 2.75) is 20.8 Å². The van der Waals surface area contributed by atoms with Crippen molar-refractivity contribution in [3.8, 4) is 0 Å². The molecule has 1 fully saturated rings. The van der Waals surface area contributed by atoms with E-state index in [0.29, 0.717) is 24.3 Å². The van der Waals surface area contributed by atoms with Gasteiger partial charge in [0.05, 0.1) is 5.52 Å². The molecular formula is C21H23FN4O. The number of benzene rings is 1. The number of carbonyl (C=O) groups is 1. The lowest BCUT2D eigenvalue weighted by Gasteiger charge is -2.36. The van der Waals surface area contributed by atoms with Crippen molar-refractivity contribution in [3.05, 3.63) is 58.8 Å². The number of rotatable bonds is 2. The summed E-state index contributed by atoms with van der Waals surface area (Å²) in [5, 5.41) is 0.764. The Labute approximate surface area is 157 Å². The van der Waals surface area contributed by atoms with Crippen LogP contribution in [0.25, 0.3) is 10.9 Å². The Morgan fingerprint density at radius 2 is 1.74 bits per heavy atom. The molecule has 0 bridgehead atoms. The van der Waals surface area contributed by atoms with Crippen LogP contribution in [0.4, 0.5) is 10.1 Å². The van der Waals surface area contributed by atoms with Crippen LogP contribution >= 0.6 is 0 Å². The quantitative estimate of drug-likeness (QED) is 0.754. The van der Waals surface area contributed by atoms with Gasteiger partial charge in [0.15, 0.2) is 0 Å². The number of aromatic amines is 1. The zero-order valence-corrected chi connectivity index (χ0v) is 15.8. The molecule has 6 heteroatoms. The molecule has 4 rings (SSSR count). The number of fused-ring (bicyclic) bond motifs is 1. The van der Waals surface area contributed by atoms with Gasteiger partial charge in [-0.15, -0.1) is 0 Å². The van der Waals surface area contributed by atoms with E-state index in [1.54, 1.807) is 6.07 Å². The highest BCUT2D eigenvalue weighted by Crippen LogP contribution is 2.25. The number of anilines is 1. The molecule has 2 aromatic heterocycles. The minimum absolute atomic E-state index is 0.0650. The first kappa shape index (κ1) is 17.5. The molecule has 0 radical (unpaired) electrons. The van der Waals surface area contributed by atoms with Crippen LogP contribution in [0.5, 0.6) is 0 Å². The molecule has 5 nitrogen and oxygen atoms in total. The molecule has 1 saturated heterocycles. The normalized spacial score (nSPS) is 14.8. The van der Waals surface area contributed by atoms with E-state index in [1.807, 2.05) is 31.7 Å². The number of aryl methyl sites for hydroxylation is 3. The van der Waals surface area contributed by atoms with Gasteiger partial charge >= 0.3 is 0 Å². The summed E-state index contributed by atoms with van der Waals surface area (Å²) in [5.41, 5.74) is 4.84. The Balaban J connectivity index is 1.52. The van der Waals surface area contributed by atoms with Crippen molar-refractivity contribution in [1.29, 1.82) is 0 Å². The van der Waals surface area contributed by atoms with Gasteiger partial charge in [-0.3, -0.25) is 9.78 Å². The summed E-state index contributed by atoms with van der Waals surface area (Å²) in [7, 11) is 0. The van der Waals surface area contributed by atoms with E-state index in [4.69, 9.17) is 0 Å². The number of aromatic nitrogens is 2. The van der Waals surface area contributed by atoms with E-state index in [-0.39, 0.29) is 11.7 Å². The summed E-state index contributed by atoms with van der Waals surface area (Å²) in [6.07, 6.45) is 0. The first-order chi connectivity index (χ1) is 12.9. The molecule has 0 spiro atoms. The summed E-state index contributed by atoms with van der Waals surface area (Å²) >= 11 is 0. The van der Waals surface area contributed by atoms with E-state index >= 15 is 0 Å². The van der Waals surface area contributed by atoms with E-state index in [1.165, 1.54) is 6.07 Å². The van der Waals surface area contributed by atoms with Gasteiger partial charge in [-0.05, 0) is 44.5 Å². The Bertz CT molecular complexity index is 998. The summed E-state index contributed by atoms with van der Waals surface area (Å²) in [4.78, 5) is 24.5. The predicted octanol–water partition coefficient (Wildman–Crippen LogP) is 3.59. The van der Waals surface area contributed by atoms with Crippen molar-refractivity contribution >= 4 is 22.5 Å². The van der Waals surface area contributed by atoms with Gasteiger partial charge in [-0.25, -0.2) is 4.39 Å². The highest BCUT2D eigenvalue weighted by atomic mass is 19.1. The summed E-state index contributed by atoms with van der Waals surface area (Å²) in [6.45, 7) is 8.66. The van der Waals surface area contributed by atoms with Crippen LogP contribution in [0.1, 0.15) is 27.4 Å². The average molecular weight is 366 g/mol. The predicted molar refractivity (Wildman–Crippen MR) is 105 cm³/mol. The van der Waals surface area contributed by atoms with Crippen LogP contribution in [0, 0.1) is 26.6 Å². The number of amides is 1. The van der Waals surface area contributed by atoms with Gasteiger partial charge in [0.25, 0.3) is 5.91 Å². The standard InChI is InChI=1S/C21H23FN4O/c1-13-11-16(12-14(2)23-13)25-7-9-26(10-8-25)21(27)19-15(3)17-5-4-6-18(22)20(17)24-19/h4-6,11-12,24H,7-10H2,1-3H3. The van der Waals surface area contributed by atoms with Crippen molar-refractivity contribution in [1.82, 2.24) is 14.9 Å². The number of halogens is 1. The molecule has 0 saturated carbocycles. The fraction of sp³-hybridized carbons (Fsp3) is 0.333. The van der Waals surface area contributed by atoms with Crippen LogP contribution < -0.4 is 4.90 Å². The van der Waals surface area contributed by atoms with Crippen molar-refractivity contribution in [2.24, 2.45) is 0 Å². The number of pyridine rings is 1. The molecule has 3 aromatic rings. The monoisotopic (exact) mass is 366 g/mol. The fourth-order valence-electron chi connectivity index (χ4n) is 3.85. The van der Waals surface area contributed by atoms with Crippen molar-refractivity contribution < 1.29 is 9.18 Å². The number of para-hydroxylation sites is 1. The first-order valence-corrected chi connectivity index (χ1v) is 9.20. The first-order valence-electron chi connectivity index (χ1n) is 9.20. The van der Waals surface area contributed by atoms with Gasteiger partial charge in [0, 0.05) is 48.6 Å². The maximum absolute atomic E-state index is 14.0. The van der Waals surface area contributed by atoms with E-state index in [9.17, 15) is 9.18 Å².